The fourth-order valence-corrected chi connectivity index (χ4v) is 3.87. The largest absolute Gasteiger partial charge is 0.340 e. The van der Waals surface area contributed by atoms with Gasteiger partial charge in [0.05, 0.1) is 5.02 Å². The number of hydrogen-bond donors (Lipinski definition) is 3. The third kappa shape index (κ3) is 6.79. The van der Waals surface area contributed by atoms with E-state index in [9.17, 15) is 4.79 Å². The van der Waals surface area contributed by atoms with Gasteiger partial charge in [-0.1, -0.05) is 41.9 Å². The third-order valence-corrected chi connectivity index (χ3v) is 5.39. The standard InChI is InChI=1S/C27H27ClN6O/c1-18-13-20(31-26(35)9-6-12-34(2)3)16-21(14-18)32-27-29-11-10-25(33-27)30-22-15-19-7-4-5-8-23(19)24(28)17-22/h4-11,13-17H,12H2,1-3H3,(H,31,35)(H2,29,30,32,33)/b9-6+. The highest BCUT2D eigenvalue weighted by atomic mass is 35.5. The average molecular weight is 487 g/mol. The van der Waals surface area contributed by atoms with Gasteiger partial charge in [0.2, 0.25) is 11.9 Å². The minimum absolute atomic E-state index is 0.181. The molecule has 0 aliphatic rings. The van der Waals surface area contributed by atoms with E-state index >= 15 is 0 Å². The van der Waals surface area contributed by atoms with Gasteiger partial charge >= 0.3 is 0 Å². The first-order valence-corrected chi connectivity index (χ1v) is 11.5. The highest BCUT2D eigenvalue weighted by Gasteiger charge is 2.07. The van der Waals surface area contributed by atoms with Crippen LogP contribution in [0.5, 0.6) is 0 Å². The van der Waals surface area contributed by atoms with Crippen LogP contribution in [0.25, 0.3) is 10.8 Å². The molecule has 0 saturated carbocycles. The van der Waals surface area contributed by atoms with Crippen LogP contribution in [0.3, 0.4) is 0 Å². The van der Waals surface area contributed by atoms with Crippen molar-refractivity contribution in [3.05, 3.63) is 89.6 Å². The number of anilines is 5. The lowest BCUT2D eigenvalue weighted by molar-refractivity contribution is -0.111. The molecular formula is C27H27ClN6O. The monoisotopic (exact) mass is 486 g/mol. The zero-order chi connectivity index (χ0) is 24.8. The number of likely N-dealkylation sites (N-methyl/N-ethyl adjacent to an activating group) is 1. The lowest BCUT2D eigenvalue weighted by atomic mass is 10.1. The Bertz CT molecular complexity index is 1390. The quantitative estimate of drug-likeness (QED) is 0.260. The molecule has 8 heteroatoms. The Morgan fingerprint density at radius 3 is 2.60 bits per heavy atom. The summed E-state index contributed by atoms with van der Waals surface area (Å²) >= 11 is 6.45. The molecule has 1 heterocycles. The Kier molecular flexibility index (Phi) is 7.60. The number of fused-ring (bicyclic) bond motifs is 1. The molecule has 0 saturated heterocycles. The van der Waals surface area contributed by atoms with Crippen molar-refractivity contribution >= 4 is 57.1 Å². The van der Waals surface area contributed by atoms with Gasteiger partial charge in [0.25, 0.3) is 0 Å². The molecule has 3 aromatic carbocycles. The predicted molar refractivity (Wildman–Crippen MR) is 145 cm³/mol. The van der Waals surface area contributed by atoms with Crippen LogP contribution < -0.4 is 16.0 Å². The number of nitrogens with zero attached hydrogens (tertiary/aromatic N) is 3. The van der Waals surface area contributed by atoms with E-state index in [1.165, 1.54) is 6.08 Å². The van der Waals surface area contributed by atoms with E-state index in [-0.39, 0.29) is 5.91 Å². The molecule has 1 amide bonds. The van der Waals surface area contributed by atoms with Crippen molar-refractivity contribution in [2.24, 2.45) is 0 Å². The molecule has 1 aromatic heterocycles. The van der Waals surface area contributed by atoms with Crippen LogP contribution in [0.1, 0.15) is 5.56 Å². The second-order valence-electron chi connectivity index (χ2n) is 8.44. The Labute approximate surface area is 209 Å². The van der Waals surface area contributed by atoms with Gasteiger partial charge in [-0.15, -0.1) is 0 Å². The van der Waals surface area contributed by atoms with Crippen LogP contribution in [-0.4, -0.2) is 41.4 Å². The van der Waals surface area contributed by atoms with Crippen molar-refractivity contribution in [3.8, 4) is 0 Å². The van der Waals surface area contributed by atoms with E-state index in [0.717, 1.165) is 27.7 Å². The molecule has 0 fully saturated rings. The maximum absolute atomic E-state index is 12.2. The van der Waals surface area contributed by atoms with Gasteiger partial charge in [-0.25, -0.2) is 4.98 Å². The van der Waals surface area contributed by atoms with Gasteiger partial charge in [-0.2, -0.15) is 4.98 Å². The van der Waals surface area contributed by atoms with Crippen molar-refractivity contribution in [3.63, 3.8) is 0 Å². The molecule has 0 atom stereocenters. The van der Waals surface area contributed by atoms with Crippen LogP contribution in [0.2, 0.25) is 5.02 Å². The van der Waals surface area contributed by atoms with E-state index in [1.807, 2.05) is 86.6 Å². The molecule has 0 aliphatic carbocycles. The van der Waals surface area contributed by atoms with Crippen LogP contribution in [0.15, 0.2) is 79.0 Å². The summed E-state index contributed by atoms with van der Waals surface area (Å²) in [7, 11) is 3.90. The summed E-state index contributed by atoms with van der Waals surface area (Å²) in [6.45, 7) is 2.66. The zero-order valence-corrected chi connectivity index (χ0v) is 20.6. The molecule has 0 aliphatic heterocycles. The Hall–Kier alpha value is -3.94. The van der Waals surface area contributed by atoms with Crippen LogP contribution in [0.4, 0.5) is 28.8 Å². The molecule has 35 heavy (non-hydrogen) atoms. The molecule has 0 bridgehead atoms. The van der Waals surface area contributed by atoms with Gasteiger partial charge in [0.15, 0.2) is 0 Å². The molecule has 0 unspecified atom stereocenters. The van der Waals surface area contributed by atoms with Crippen LogP contribution in [0, 0.1) is 6.92 Å². The van der Waals surface area contributed by atoms with Crippen molar-refractivity contribution in [1.82, 2.24) is 14.9 Å². The van der Waals surface area contributed by atoms with E-state index < -0.39 is 0 Å². The van der Waals surface area contributed by atoms with E-state index in [4.69, 9.17) is 11.6 Å². The van der Waals surface area contributed by atoms with Crippen molar-refractivity contribution < 1.29 is 4.79 Å². The lowest BCUT2D eigenvalue weighted by Crippen LogP contribution is -2.13. The van der Waals surface area contributed by atoms with Crippen molar-refractivity contribution in [1.29, 1.82) is 0 Å². The molecule has 4 aromatic rings. The Morgan fingerprint density at radius 1 is 1.00 bits per heavy atom. The second kappa shape index (κ2) is 11.0. The number of carbonyl (C=O) groups excluding carboxylic acids is 1. The first-order chi connectivity index (χ1) is 16.9. The summed E-state index contributed by atoms with van der Waals surface area (Å²) in [5.41, 5.74) is 3.28. The number of aryl methyl sites for hydroxylation is 1. The summed E-state index contributed by atoms with van der Waals surface area (Å²) in [5, 5.41) is 12.1. The summed E-state index contributed by atoms with van der Waals surface area (Å²) in [4.78, 5) is 23.1. The van der Waals surface area contributed by atoms with Crippen LogP contribution >= 0.6 is 11.6 Å². The second-order valence-corrected chi connectivity index (χ2v) is 8.84. The maximum atomic E-state index is 12.2. The number of halogens is 1. The Balaban J connectivity index is 1.48. The number of benzene rings is 3. The highest BCUT2D eigenvalue weighted by molar-refractivity contribution is 6.35. The molecule has 4 rings (SSSR count). The average Bonchev–Trinajstić information content (AvgIpc) is 2.78. The number of amides is 1. The van der Waals surface area contributed by atoms with Gasteiger partial charge in [-0.3, -0.25) is 4.79 Å². The molecular weight excluding hydrogens is 460 g/mol. The predicted octanol–water partition coefficient (Wildman–Crippen LogP) is 6.14. The first-order valence-electron chi connectivity index (χ1n) is 11.1. The number of carbonyl (C=O) groups is 1. The van der Waals surface area contributed by atoms with E-state index in [1.54, 1.807) is 12.3 Å². The normalized spacial score (nSPS) is 11.2. The maximum Gasteiger partial charge on any atom is 0.248 e. The summed E-state index contributed by atoms with van der Waals surface area (Å²) in [6.07, 6.45) is 5.03. The molecule has 7 nitrogen and oxygen atoms in total. The molecule has 0 spiro atoms. The zero-order valence-electron chi connectivity index (χ0n) is 19.8. The SMILES string of the molecule is Cc1cc(NC(=O)/C=C/CN(C)C)cc(Nc2nccc(Nc3cc(Cl)c4ccccc4c3)n2)c1. The number of rotatable bonds is 8. The van der Waals surface area contributed by atoms with Crippen molar-refractivity contribution in [2.45, 2.75) is 6.92 Å². The lowest BCUT2D eigenvalue weighted by Gasteiger charge is -2.12. The first kappa shape index (κ1) is 24.2. The minimum Gasteiger partial charge on any atom is -0.340 e. The topological polar surface area (TPSA) is 82.2 Å². The van der Waals surface area contributed by atoms with E-state index in [0.29, 0.717) is 29.0 Å². The Morgan fingerprint density at radius 2 is 1.77 bits per heavy atom. The highest BCUT2D eigenvalue weighted by Crippen LogP contribution is 2.29. The number of aromatic nitrogens is 2. The fourth-order valence-electron chi connectivity index (χ4n) is 3.58. The van der Waals surface area contributed by atoms with Gasteiger partial charge < -0.3 is 20.9 Å². The number of hydrogen-bond acceptors (Lipinski definition) is 6. The molecule has 178 valence electrons. The third-order valence-electron chi connectivity index (χ3n) is 5.08. The summed E-state index contributed by atoms with van der Waals surface area (Å²) in [6, 6.07) is 19.4. The fraction of sp³-hybridized carbons (Fsp3) is 0.148. The minimum atomic E-state index is -0.181. The van der Waals surface area contributed by atoms with E-state index in [2.05, 4.69) is 25.9 Å². The van der Waals surface area contributed by atoms with Gasteiger partial charge in [0, 0.05) is 41.3 Å². The molecule has 3 N–H and O–H groups in total. The summed E-state index contributed by atoms with van der Waals surface area (Å²) < 4.78 is 0. The smallest absolute Gasteiger partial charge is 0.248 e. The number of nitrogens with one attached hydrogen (secondary N) is 3. The van der Waals surface area contributed by atoms with Gasteiger partial charge in [-0.05, 0) is 68.4 Å². The van der Waals surface area contributed by atoms with Gasteiger partial charge in [0.1, 0.15) is 5.82 Å². The van der Waals surface area contributed by atoms with Crippen LogP contribution in [-0.2, 0) is 4.79 Å². The summed E-state index contributed by atoms with van der Waals surface area (Å²) in [5.74, 6) is 0.872. The molecule has 0 radical (unpaired) electrons. The van der Waals surface area contributed by atoms with Crippen molar-refractivity contribution in [2.75, 3.05) is 36.6 Å².